The lowest BCUT2D eigenvalue weighted by molar-refractivity contribution is -0.109. The Balaban J connectivity index is 1.46. The molecule has 4 atom stereocenters. The molecule has 0 radical (unpaired) electrons. The van der Waals surface area contributed by atoms with Crippen molar-refractivity contribution in [3.8, 4) is 0 Å². The van der Waals surface area contributed by atoms with Crippen molar-refractivity contribution < 1.29 is 9.53 Å². The highest BCUT2D eigenvalue weighted by molar-refractivity contribution is 5.91. The zero-order valence-corrected chi connectivity index (χ0v) is 15.1. The van der Waals surface area contributed by atoms with Gasteiger partial charge in [-0.05, 0) is 48.9 Å². The van der Waals surface area contributed by atoms with E-state index in [1.807, 2.05) is 11.1 Å². The van der Waals surface area contributed by atoms with Crippen molar-refractivity contribution in [1.82, 2.24) is 14.5 Å². The molecule has 5 nitrogen and oxygen atoms in total. The van der Waals surface area contributed by atoms with Crippen molar-refractivity contribution in [3.05, 3.63) is 18.2 Å². The lowest BCUT2D eigenvalue weighted by Crippen LogP contribution is -2.53. The summed E-state index contributed by atoms with van der Waals surface area (Å²) in [6.45, 7) is 7.23. The van der Waals surface area contributed by atoms with E-state index in [2.05, 4.69) is 23.4 Å². The average molecular weight is 331 g/mol. The molecule has 4 aliphatic rings. The molecule has 0 aromatic carbocycles. The highest BCUT2D eigenvalue weighted by Crippen LogP contribution is 2.61. The summed E-state index contributed by atoms with van der Waals surface area (Å²) in [5, 5.41) is 0. The maximum Gasteiger partial charge on any atom is 0.289 e. The zero-order valence-electron chi connectivity index (χ0n) is 15.1. The van der Waals surface area contributed by atoms with Crippen LogP contribution in [0.5, 0.6) is 0 Å². The summed E-state index contributed by atoms with van der Waals surface area (Å²) >= 11 is 0. The van der Waals surface area contributed by atoms with Gasteiger partial charge in [0.05, 0.1) is 6.10 Å². The molecule has 132 valence electrons. The van der Waals surface area contributed by atoms with Gasteiger partial charge < -0.3 is 14.2 Å². The molecule has 1 aromatic heterocycles. The molecule has 1 amide bonds. The molecule has 4 fully saturated rings. The maximum absolute atomic E-state index is 12.8. The van der Waals surface area contributed by atoms with Crippen LogP contribution in [0.2, 0.25) is 0 Å². The van der Waals surface area contributed by atoms with E-state index in [4.69, 9.17) is 4.74 Å². The topological polar surface area (TPSA) is 47.4 Å². The predicted molar refractivity (Wildman–Crippen MR) is 91.6 cm³/mol. The van der Waals surface area contributed by atoms with Crippen LogP contribution in [-0.2, 0) is 11.3 Å². The summed E-state index contributed by atoms with van der Waals surface area (Å²) in [5.41, 5.74) is 0.480. The van der Waals surface area contributed by atoms with E-state index in [1.165, 1.54) is 19.3 Å². The van der Waals surface area contributed by atoms with Crippen LogP contribution in [0.3, 0.4) is 0 Å². The summed E-state index contributed by atoms with van der Waals surface area (Å²) in [4.78, 5) is 19.1. The van der Waals surface area contributed by atoms with Gasteiger partial charge in [0.15, 0.2) is 5.82 Å². The monoisotopic (exact) mass is 331 g/mol. The highest BCUT2D eigenvalue weighted by atomic mass is 16.5. The fourth-order valence-electron chi connectivity index (χ4n) is 5.33. The summed E-state index contributed by atoms with van der Waals surface area (Å²) in [7, 11) is 1.72. The van der Waals surface area contributed by atoms with E-state index < -0.39 is 0 Å². The number of nitrogens with zero attached hydrogens (tertiary/aromatic N) is 3. The number of rotatable bonds is 4. The first-order valence-corrected chi connectivity index (χ1v) is 9.34. The number of hydrogen-bond acceptors (Lipinski definition) is 3. The first-order valence-electron chi connectivity index (χ1n) is 9.34. The van der Waals surface area contributed by atoms with Crippen LogP contribution in [-0.4, -0.2) is 46.7 Å². The molecule has 0 unspecified atom stereocenters. The summed E-state index contributed by atoms with van der Waals surface area (Å²) < 4.78 is 7.48. The maximum atomic E-state index is 12.8. The van der Waals surface area contributed by atoms with E-state index >= 15 is 0 Å². The smallest absolute Gasteiger partial charge is 0.289 e. The molecule has 5 heteroatoms. The minimum Gasteiger partial charge on any atom is -0.380 e. The minimum atomic E-state index is 0.0566. The van der Waals surface area contributed by atoms with Crippen molar-refractivity contribution in [2.75, 3.05) is 20.2 Å². The van der Waals surface area contributed by atoms with Gasteiger partial charge in [0.25, 0.3) is 5.91 Å². The molecule has 1 saturated heterocycles. The second kappa shape index (κ2) is 5.87. The van der Waals surface area contributed by atoms with Gasteiger partial charge in [0, 0.05) is 39.1 Å². The number of amides is 1. The van der Waals surface area contributed by atoms with Crippen molar-refractivity contribution in [2.45, 2.75) is 52.2 Å². The van der Waals surface area contributed by atoms with Crippen LogP contribution in [0.25, 0.3) is 0 Å². The number of hydrogen-bond donors (Lipinski definition) is 0. The van der Waals surface area contributed by atoms with Gasteiger partial charge in [-0.3, -0.25) is 4.79 Å². The molecular weight excluding hydrogens is 302 g/mol. The molecule has 2 bridgehead atoms. The SMILES string of the molecule is CO[C@H]1CCN(C(=O)c2nccn2C[C@@H]2CC[C@H]3C[C@@H]2C3(C)C)C1. The lowest BCUT2D eigenvalue weighted by atomic mass is 9.45. The fraction of sp³-hybridized carbons (Fsp3) is 0.789. The molecule has 1 aromatic rings. The van der Waals surface area contributed by atoms with Crippen LogP contribution in [0, 0.1) is 23.2 Å². The number of carbonyl (C=O) groups excluding carboxylic acids is 1. The Kier molecular flexibility index (Phi) is 3.94. The van der Waals surface area contributed by atoms with Gasteiger partial charge in [-0.2, -0.15) is 0 Å². The van der Waals surface area contributed by atoms with Crippen LogP contribution >= 0.6 is 0 Å². The first-order chi connectivity index (χ1) is 11.5. The third-order valence-electron chi connectivity index (χ3n) is 7.10. The number of aromatic nitrogens is 2. The zero-order chi connectivity index (χ0) is 16.9. The Hall–Kier alpha value is -1.36. The average Bonchev–Trinajstić information content (AvgIpc) is 3.23. The second-order valence-electron chi connectivity index (χ2n) is 8.50. The van der Waals surface area contributed by atoms with Gasteiger partial charge in [-0.1, -0.05) is 13.8 Å². The molecule has 0 N–H and O–H groups in total. The summed E-state index contributed by atoms with van der Waals surface area (Å²) in [5.74, 6) is 3.05. The Morgan fingerprint density at radius 1 is 1.38 bits per heavy atom. The summed E-state index contributed by atoms with van der Waals surface area (Å²) in [6.07, 6.45) is 8.85. The Bertz CT molecular complexity index is 622. The summed E-state index contributed by atoms with van der Waals surface area (Å²) in [6, 6.07) is 0. The normalized spacial score (nSPS) is 34.2. The quantitative estimate of drug-likeness (QED) is 0.852. The lowest BCUT2D eigenvalue weighted by Gasteiger charge is -2.60. The predicted octanol–water partition coefficient (Wildman–Crippen LogP) is 2.82. The molecule has 1 aliphatic heterocycles. The van der Waals surface area contributed by atoms with E-state index in [-0.39, 0.29) is 12.0 Å². The van der Waals surface area contributed by atoms with E-state index in [0.29, 0.717) is 23.7 Å². The van der Waals surface area contributed by atoms with Gasteiger partial charge in [0.2, 0.25) is 0 Å². The number of ether oxygens (including phenoxy) is 1. The van der Waals surface area contributed by atoms with Gasteiger partial charge >= 0.3 is 0 Å². The number of likely N-dealkylation sites (tertiary alicyclic amines) is 1. The Morgan fingerprint density at radius 2 is 2.21 bits per heavy atom. The van der Waals surface area contributed by atoms with Crippen molar-refractivity contribution in [1.29, 1.82) is 0 Å². The molecule has 3 saturated carbocycles. The van der Waals surface area contributed by atoms with E-state index in [9.17, 15) is 4.79 Å². The molecule has 24 heavy (non-hydrogen) atoms. The Morgan fingerprint density at radius 3 is 2.88 bits per heavy atom. The van der Waals surface area contributed by atoms with Crippen molar-refractivity contribution in [3.63, 3.8) is 0 Å². The van der Waals surface area contributed by atoms with Crippen LogP contribution in [0.15, 0.2) is 12.4 Å². The number of methoxy groups -OCH3 is 1. The van der Waals surface area contributed by atoms with Gasteiger partial charge in [-0.25, -0.2) is 4.98 Å². The van der Waals surface area contributed by atoms with Crippen molar-refractivity contribution >= 4 is 5.91 Å². The van der Waals surface area contributed by atoms with Crippen LogP contribution in [0.4, 0.5) is 0 Å². The third kappa shape index (κ3) is 2.48. The molecular formula is C19H29N3O2. The molecule has 5 rings (SSSR count). The number of carbonyl (C=O) groups is 1. The third-order valence-corrected chi connectivity index (χ3v) is 7.10. The van der Waals surface area contributed by atoms with E-state index in [0.717, 1.165) is 31.3 Å². The van der Waals surface area contributed by atoms with E-state index in [1.54, 1.807) is 13.3 Å². The second-order valence-corrected chi connectivity index (χ2v) is 8.50. The highest BCUT2D eigenvalue weighted by Gasteiger charge is 2.54. The van der Waals surface area contributed by atoms with Gasteiger partial charge in [-0.15, -0.1) is 0 Å². The molecule has 0 spiro atoms. The minimum absolute atomic E-state index is 0.0566. The first kappa shape index (κ1) is 16.1. The standard InChI is InChI=1S/C19H29N3O2/c1-19(2)14-5-4-13(16(19)10-14)11-21-9-7-20-17(21)18(23)22-8-6-15(12-22)24-3/h7,9,13-16H,4-6,8,10-12H2,1-3H3/t13-,14-,15-,16-/m0/s1. The molecule has 2 heterocycles. The number of fused-ring (bicyclic) bond motifs is 2. The largest absolute Gasteiger partial charge is 0.380 e. The Labute approximate surface area is 144 Å². The number of imidazole rings is 1. The molecule has 3 aliphatic carbocycles. The van der Waals surface area contributed by atoms with Crippen LogP contribution in [0.1, 0.15) is 50.1 Å². The van der Waals surface area contributed by atoms with Crippen molar-refractivity contribution in [2.24, 2.45) is 23.2 Å². The van der Waals surface area contributed by atoms with Gasteiger partial charge in [0.1, 0.15) is 0 Å². The van der Waals surface area contributed by atoms with Crippen LogP contribution < -0.4 is 0 Å². The fourth-order valence-corrected chi connectivity index (χ4v) is 5.33.